The van der Waals surface area contributed by atoms with Gasteiger partial charge in [-0.15, -0.1) is 0 Å². The standard InChI is InChI=1S/C14H16BrFN2O3/c1-8-6-9(13(19)20)4-5-18(8)14(21)17-10-2-3-11(15)12(16)7-10/h2-3,7-9H,4-6H2,1H3,(H,17,21)(H,19,20). The lowest BCUT2D eigenvalue weighted by Crippen LogP contribution is -2.47. The lowest BCUT2D eigenvalue weighted by atomic mass is 9.92. The third kappa shape index (κ3) is 3.72. The molecule has 0 aromatic heterocycles. The van der Waals surface area contributed by atoms with Gasteiger partial charge < -0.3 is 15.3 Å². The van der Waals surface area contributed by atoms with Crippen LogP contribution in [-0.2, 0) is 4.79 Å². The number of carbonyl (C=O) groups excluding carboxylic acids is 1. The molecule has 0 spiro atoms. The highest BCUT2D eigenvalue weighted by Crippen LogP contribution is 2.24. The summed E-state index contributed by atoms with van der Waals surface area (Å²) in [5.41, 5.74) is 0.369. The predicted molar refractivity (Wildman–Crippen MR) is 79.6 cm³/mol. The van der Waals surface area contributed by atoms with Crippen molar-refractivity contribution < 1.29 is 19.1 Å². The second-order valence-electron chi connectivity index (χ2n) is 5.16. The molecule has 1 aliphatic heterocycles. The van der Waals surface area contributed by atoms with E-state index in [9.17, 15) is 14.0 Å². The molecule has 2 N–H and O–H groups in total. The van der Waals surface area contributed by atoms with Gasteiger partial charge in [0.05, 0.1) is 10.4 Å². The number of urea groups is 1. The second kappa shape index (κ2) is 6.43. The van der Waals surface area contributed by atoms with Crippen LogP contribution in [0.3, 0.4) is 0 Å². The molecule has 5 nitrogen and oxygen atoms in total. The van der Waals surface area contributed by atoms with E-state index < -0.39 is 17.7 Å². The number of aliphatic carboxylic acids is 1. The van der Waals surface area contributed by atoms with Crippen molar-refractivity contribution in [2.75, 3.05) is 11.9 Å². The van der Waals surface area contributed by atoms with Gasteiger partial charge in [0, 0.05) is 18.3 Å². The minimum Gasteiger partial charge on any atom is -0.481 e. The predicted octanol–water partition coefficient (Wildman–Crippen LogP) is 3.31. The Kier molecular flexibility index (Phi) is 4.82. The van der Waals surface area contributed by atoms with Crippen molar-refractivity contribution in [1.82, 2.24) is 4.90 Å². The Morgan fingerprint density at radius 1 is 1.48 bits per heavy atom. The number of likely N-dealkylation sites (tertiary alicyclic amines) is 1. The van der Waals surface area contributed by atoms with Crippen LogP contribution in [0, 0.1) is 11.7 Å². The van der Waals surface area contributed by atoms with Crippen LogP contribution in [0.5, 0.6) is 0 Å². The number of benzene rings is 1. The Morgan fingerprint density at radius 2 is 2.19 bits per heavy atom. The molecule has 0 bridgehead atoms. The SMILES string of the molecule is CC1CC(C(=O)O)CCN1C(=O)Nc1ccc(Br)c(F)c1. The summed E-state index contributed by atoms with van der Waals surface area (Å²) in [6, 6.07) is 3.84. The molecule has 114 valence electrons. The van der Waals surface area contributed by atoms with Crippen molar-refractivity contribution in [2.45, 2.75) is 25.8 Å². The number of hydrogen-bond donors (Lipinski definition) is 2. The van der Waals surface area contributed by atoms with E-state index in [2.05, 4.69) is 21.2 Å². The third-order valence-electron chi connectivity index (χ3n) is 3.66. The van der Waals surface area contributed by atoms with E-state index in [4.69, 9.17) is 5.11 Å². The first-order valence-corrected chi connectivity index (χ1v) is 7.43. The van der Waals surface area contributed by atoms with Crippen LogP contribution in [-0.4, -0.2) is 34.6 Å². The average molecular weight is 359 g/mol. The number of hydrogen-bond acceptors (Lipinski definition) is 2. The van der Waals surface area contributed by atoms with Gasteiger partial charge in [-0.3, -0.25) is 4.79 Å². The molecule has 2 atom stereocenters. The maximum absolute atomic E-state index is 13.4. The Bertz CT molecular complexity index is 567. The number of carboxylic acid groups (broad SMARTS) is 1. The summed E-state index contributed by atoms with van der Waals surface area (Å²) in [6.07, 6.45) is 0.860. The molecule has 1 aromatic rings. The van der Waals surface area contributed by atoms with Crippen molar-refractivity contribution in [1.29, 1.82) is 0 Å². The van der Waals surface area contributed by atoms with Gasteiger partial charge in [0.2, 0.25) is 0 Å². The summed E-state index contributed by atoms with van der Waals surface area (Å²) in [4.78, 5) is 24.7. The highest BCUT2D eigenvalue weighted by molar-refractivity contribution is 9.10. The fourth-order valence-corrected chi connectivity index (χ4v) is 2.71. The number of carboxylic acids is 1. The van der Waals surface area contributed by atoms with Crippen molar-refractivity contribution in [3.63, 3.8) is 0 Å². The number of nitrogens with zero attached hydrogens (tertiary/aromatic N) is 1. The normalized spacial score (nSPS) is 22.0. The van der Waals surface area contributed by atoms with Crippen LogP contribution in [0.4, 0.5) is 14.9 Å². The lowest BCUT2D eigenvalue weighted by Gasteiger charge is -2.36. The summed E-state index contributed by atoms with van der Waals surface area (Å²) in [7, 11) is 0. The van der Waals surface area contributed by atoms with Crippen LogP contribution in [0.2, 0.25) is 0 Å². The van der Waals surface area contributed by atoms with Gasteiger partial charge in [-0.2, -0.15) is 0 Å². The maximum Gasteiger partial charge on any atom is 0.322 e. The van der Waals surface area contributed by atoms with Gasteiger partial charge in [-0.1, -0.05) is 0 Å². The second-order valence-corrected chi connectivity index (χ2v) is 6.02. The van der Waals surface area contributed by atoms with Crippen LogP contribution in [0.25, 0.3) is 0 Å². The van der Waals surface area contributed by atoms with Gasteiger partial charge in [-0.25, -0.2) is 9.18 Å². The molecule has 7 heteroatoms. The van der Waals surface area contributed by atoms with Crippen LogP contribution >= 0.6 is 15.9 Å². The lowest BCUT2D eigenvalue weighted by molar-refractivity contribution is -0.143. The Balaban J connectivity index is 2.00. The zero-order valence-corrected chi connectivity index (χ0v) is 13.1. The van der Waals surface area contributed by atoms with E-state index in [1.54, 1.807) is 11.0 Å². The molecule has 0 aliphatic carbocycles. The van der Waals surface area contributed by atoms with E-state index in [0.717, 1.165) is 0 Å². The summed E-state index contributed by atoms with van der Waals surface area (Å²) < 4.78 is 13.7. The molecular weight excluding hydrogens is 343 g/mol. The summed E-state index contributed by atoms with van der Waals surface area (Å²) >= 11 is 3.05. The van der Waals surface area contributed by atoms with E-state index in [1.807, 2.05) is 6.92 Å². The van der Waals surface area contributed by atoms with Crippen molar-refractivity contribution in [2.24, 2.45) is 5.92 Å². The number of amides is 2. The first kappa shape index (κ1) is 15.8. The monoisotopic (exact) mass is 358 g/mol. The molecule has 1 aromatic carbocycles. The number of halogens is 2. The Morgan fingerprint density at radius 3 is 2.76 bits per heavy atom. The molecule has 0 saturated carbocycles. The van der Waals surface area contributed by atoms with E-state index in [-0.39, 0.29) is 12.1 Å². The fourth-order valence-electron chi connectivity index (χ4n) is 2.47. The zero-order chi connectivity index (χ0) is 15.6. The molecule has 2 amide bonds. The number of carbonyl (C=O) groups is 2. The largest absolute Gasteiger partial charge is 0.481 e. The fraction of sp³-hybridized carbons (Fsp3) is 0.429. The van der Waals surface area contributed by atoms with Crippen molar-refractivity contribution >= 4 is 33.6 Å². The number of anilines is 1. The maximum atomic E-state index is 13.4. The topological polar surface area (TPSA) is 69.6 Å². The van der Waals surface area contributed by atoms with Crippen LogP contribution in [0.15, 0.2) is 22.7 Å². The van der Waals surface area contributed by atoms with Gasteiger partial charge in [0.15, 0.2) is 0 Å². The van der Waals surface area contributed by atoms with E-state index >= 15 is 0 Å². The Hall–Kier alpha value is -1.63. The molecule has 21 heavy (non-hydrogen) atoms. The molecule has 2 unspecified atom stereocenters. The van der Waals surface area contributed by atoms with Gasteiger partial charge in [-0.05, 0) is 53.9 Å². The zero-order valence-electron chi connectivity index (χ0n) is 11.5. The van der Waals surface area contributed by atoms with Crippen molar-refractivity contribution in [3.05, 3.63) is 28.5 Å². The molecule has 1 aliphatic rings. The minimum atomic E-state index is -0.822. The third-order valence-corrected chi connectivity index (χ3v) is 4.30. The number of piperidine rings is 1. The van der Waals surface area contributed by atoms with Crippen LogP contribution in [0.1, 0.15) is 19.8 Å². The van der Waals surface area contributed by atoms with Crippen LogP contribution < -0.4 is 5.32 Å². The first-order chi connectivity index (χ1) is 9.88. The highest BCUT2D eigenvalue weighted by Gasteiger charge is 2.32. The molecule has 1 heterocycles. The smallest absolute Gasteiger partial charge is 0.322 e. The summed E-state index contributed by atoms with van der Waals surface area (Å²) in [5.74, 6) is -1.68. The summed E-state index contributed by atoms with van der Waals surface area (Å²) in [5, 5.41) is 11.6. The molecule has 0 radical (unpaired) electrons. The number of rotatable bonds is 2. The molecule has 1 fully saturated rings. The average Bonchev–Trinajstić information content (AvgIpc) is 2.42. The highest BCUT2D eigenvalue weighted by atomic mass is 79.9. The first-order valence-electron chi connectivity index (χ1n) is 6.64. The van der Waals surface area contributed by atoms with E-state index in [1.165, 1.54) is 12.1 Å². The van der Waals surface area contributed by atoms with Gasteiger partial charge in [0.25, 0.3) is 0 Å². The molecule has 2 rings (SSSR count). The Labute approximate surface area is 130 Å². The quantitative estimate of drug-likeness (QED) is 0.851. The summed E-state index contributed by atoms with van der Waals surface area (Å²) in [6.45, 7) is 2.19. The molecular formula is C14H16BrFN2O3. The van der Waals surface area contributed by atoms with Gasteiger partial charge in [0.1, 0.15) is 5.82 Å². The van der Waals surface area contributed by atoms with Gasteiger partial charge >= 0.3 is 12.0 Å². The van der Waals surface area contributed by atoms with Crippen molar-refractivity contribution in [3.8, 4) is 0 Å². The minimum absolute atomic E-state index is 0.167. The number of nitrogens with one attached hydrogen (secondary N) is 1. The van der Waals surface area contributed by atoms with E-state index in [0.29, 0.717) is 29.5 Å². The molecule has 1 saturated heterocycles.